The average molecular weight is 304 g/mol. The Kier molecular flexibility index (Phi) is 4.27. The summed E-state index contributed by atoms with van der Waals surface area (Å²) in [5.74, 6) is 0.522. The van der Waals surface area contributed by atoms with Gasteiger partial charge in [0, 0.05) is 11.8 Å². The number of aryl methyl sites for hydroxylation is 1. The minimum Gasteiger partial charge on any atom is -0.357 e. The number of benzene rings is 1. The molecular formula is C12H9Cl3N2O. The molecule has 0 saturated heterocycles. The van der Waals surface area contributed by atoms with Gasteiger partial charge in [-0.25, -0.2) is 0 Å². The van der Waals surface area contributed by atoms with Gasteiger partial charge in [-0.05, 0) is 19.1 Å². The van der Waals surface area contributed by atoms with E-state index in [1.807, 2.05) is 0 Å². The molecule has 0 unspecified atom stereocenters. The second-order valence-electron chi connectivity index (χ2n) is 3.61. The lowest BCUT2D eigenvalue weighted by Crippen LogP contribution is -1.87. The Morgan fingerprint density at radius 3 is 2.50 bits per heavy atom. The van der Waals surface area contributed by atoms with E-state index in [0.717, 1.165) is 0 Å². The molecule has 0 spiro atoms. The fourth-order valence-corrected chi connectivity index (χ4v) is 1.98. The zero-order chi connectivity index (χ0) is 13.1. The summed E-state index contributed by atoms with van der Waals surface area (Å²) in [6.45, 7) is 2.06. The highest BCUT2D eigenvalue weighted by Crippen LogP contribution is 2.23. The highest BCUT2D eigenvalue weighted by molar-refractivity contribution is 6.38. The van der Waals surface area contributed by atoms with E-state index in [0.29, 0.717) is 38.6 Å². The molecule has 0 fully saturated rings. The summed E-state index contributed by atoms with van der Waals surface area (Å²) in [6.07, 6.45) is 1.60. The predicted molar refractivity (Wildman–Crippen MR) is 74.0 cm³/mol. The van der Waals surface area contributed by atoms with Crippen LogP contribution in [0, 0.1) is 6.92 Å². The molecule has 6 heteroatoms. The summed E-state index contributed by atoms with van der Waals surface area (Å²) in [5.41, 5.74) is 1.32. The summed E-state index contributed by atoms with van der Waals surface area (Å²) >= 11 is 18.0. The van der Waals surface area contributed by atoms with Gasteiger partial charge in [0.15, 0.2) is 5.76 Å². The highest BCUT2D eigenvalue weighted by atomic mass is 35.5. The quantitative estimate of drug-likeness (QED) is 0.779. The van der Waals surface area contributed by atoms with E-state index in [1.54, 1.807) is 31.3 Å². The zero-order valence-corrected chi connectivity index (χ0v) is 11.7. The van der Waals surface area contributed by atoms with Crippen LogP contribution < -0.4 is 0 Å². The van der Waals surface area contributed by atoms with Gasteiger partial charge in [-0.1, -0.05) is 46.0 Å². The Balaban J connectivity index is 2.15. The van der Waals surface area contributed by atoms with Gasteiger partial charge in [-0.3, -0.25) is 4.99 Å². The van der Waals surface area contributed by atoms with Crippen LogP contribution in [0.25, 0.3) is 0 Å². The van der Waals surface area contributed by atoms with Crippen molar-refractivity contribution in [2.45, 2.75) is 13.5 Å². The van der Waals surface area contributed by atoms with E-state index in [4.69, 9.17) is 39.3 Å². The molecule has 1 aromatic carbocycles. The van der Waals surface area contributed by atoms with Crippen molar-refractivity contribution < 1.29 is 4.52 Å². The summed E-state index contributed by atoms with van der Waals surface area (Å²) in [4.78, 5) is 4.20. The van der Waals surface area contributed by atoms with Crippen molar-refractivity contribution in [3.63, 3.8) is 0 Å². The van der Waals surface area contributed by atoms with E-state index < -0.39 is 0 Å². The maximum Gasteiger partial charge on any atom is 0.176 e. The first-order valence-electron chi connectivity index (χ1n) is 5.14. The number of hydrogen-bond donors (Lipinski definition) is 0. The van der Waals surface area contributed by atoms with Gasteiger partial charge in [-0.2, -0.15) is 0 Å². The lowest BCUT2D eigenvalue weighted by atomic mass is 10.2. The first kappa shape index (κ1) is 13.4. The zero-order valence-electron chi connectivity index (χ0n) is 9.45. The van der Waals surface area contributed by atoms with Crippen molar-refractivity contribution >= 4 is 41.0 Å². The first-order valence-corrected chi connectivity index (χ1v) is 6.27. The maximum absolute atomic E-state index is 6.01. The van der Waals surface area contributed by atoms with Gasteiger partial charge in [0.25, 0.3) is 0 Å². The summed E-state index contributed by atoms with van der Waals surface area (Å²) in [6, 6.07) is 5.28. The molecule has 0 saturated carbocycles. The third kappa shape index (κ3) is 2.86. The van der Waals surface area contributed by atoms with Crippen LogP contribution in [0.15, 0.2) is 27.7 Å². The number of aromatic nitrogens is 1. The molecule has 2 rings (SSSR count). The predicted octanol–water partition coefficient (Wildman–Crippen LogP) is 4.56. The van der Waals surface area contributed by atoms with Crippen molar-refractivity contribution in [3.8, 4) is 0 Å². The minimum atomic E-state index is 0.293. The first-order chi connectivity index (χ1) is 8.59. The normalized spacial score (nSPS) is 11.3. The Bertz CT molecular complexity index is 573. The van der Waals surface area contributed by atoms with Gasteiger partial charge < -0.3 is 4.52 Å². The molecule has 0 radical (unpaired) electrons. The van der Waals surface area contributed by atoms with E-state index in [1.165, 1.54) is 0 Å². The van der Waals surface area contributed by atoms with Gasteiger partial charge in [0.1, 0.15) is 11.6 Å². The number of hydrogen-bond acceptors (Lipinski definition) is 3. The van der Waals surface area contributed by atoms with Crippen LogP contribution >= 0.6 is 34.8 Å². The van der Waals surface area contributed by atoms with Crippen LogP contribution in [0.4, 0.5) is 0 Å². The Labute approximate surface area is 119 Å². The highest BCUT2D eigenvalue weighted by Gasteiger charge is 2.09. The molecule has 1 aromatic heterocycles. The van der Waals surface area contributed by atoms with Gasteiger partial charge in [-0.15, -0.1) is 0 Å². The molecule has 2 aromatic rings. The van der Waals surface area contributed by atoms with Gasteiger partial charge in [0.05, 0.1) is 15.7 Å². The van der Waals surface area contributed by atoms with Crippen molar-refractivity contribution in [1.29, 1.82) is 0 Å². The monoisotopic (exact) mass is 302 g/mol. The van der Waals surface area contributed by atoms with E-state index in [2.05, 4.69) is 10.1 Å². The van der Waals surface area contributed by atoms with Crippen LogP contribution in [0.3, 0.4) is 0 Å². The van der Waals surface area contributed by atoms with Gasteiger partial charge in [0.2, 0.25) is 0 Å². The largest absolute Gasteiger partial charge is 0.357 e. The van der Waals surface area contributed by atoms with Crippen LogP contribution in [-0.4, -0.2) is 11.4 Å². The van der Waals surface area contributed by atoms with E-state index in [-0.39, 0.29) is 0 Å². The smallest absolute Gasteiger partial charge is 0.176 e. The fraction of sp³-hybridized carbons (Fsp3) is 0.167. The van der Waals surface area contributed by atoms with E-state index >= 15 is 0 Å². The Morgan fingerprint density at radius 2 is 1.94 bits per heavy atom. The second-order valence-corrected chi connectivity index (χ2v) is 4.80. The van der Waals surface area contributed by atoms with Crippen molar-refractivity contribution in [2.24, 2.45) is 4.99 Å². The van der Waals surface area contributed by atoms with Crippen LogP contribution in [0.5, 0.6) is 0 Å². The standard InChI is InChI=1S/C12H9Cl3N2O/c1-7-12(15)11(18-17-7)6-16-5-8-9(13)3-2-4-10(8)14/h2-5H,6H2,1H3. The molecule has 18 heavy (non-hydrogen) atoms. The molecule has 0 amide bonds. The molecule has 3 nitrogen and oxygen atoms in total. The van der Waals surface area contributed by atoms with Crippen molar-refractivity contribution in [3.05, 3.63) is 50.3 Å². The number of rotatable bonds is 3. The van der Waals surface area contributed by atoms with Crippen LogP contribution in [0.1, 0.15) is 17.0 Å². The Morgan fingerprint density at radius 1 is 1.28 bits per heavy atom. The minimum absolute atomic E-state index is 0.293. The van der Waals surface area contributed by atoms with Gasteiger partial charge >= 0.3 is 0 Å². The third-order valence-corrected chi connectivity index (χ3v) is 3.45. The lowest BCUT2D eigenvalue weighted by Gasteiger charge is -1.99. The second kappa shape index (κ2) is 5.74. The molecule has 0 N–H and O–H groups in total. The molecule has 0 aliphatic carbocycles. The molecule has 0 bridgehead atoms. The van der Waals surface area contributed by atoms with Crippen LogP contribution in [-0.2, 0) is 6.54 Å². The summed E-state index contributed by atoms with van der Waals surface area (Å²) < 4.78 is 5.03. The average Bonchev–Trinajstić information content (AvgIpc) is 2.65. The number of aliphatic imine (C=N–C) groups is 1. The maximum atomic E-state index is 6.01. The number of halogens is 3. The molecule has 0 aliphatic rings. The fourth-order valence-electron chi connectivity index (χ4n) is 1.36. The summed E-state index contributed by atoms with van der Waals surface area (Å²) in [7, 11) is 0. The molecular weight excluding hydrogens is 295 g/mol. The van der Waals surface area contributed by atoms with Crippen LogP contribution in [0.2, 0.25) is 15.1 Å². The SMILES string of the molecule is Cc1noc(CN=Cc2c(Cl)cccc2Cl)c1Cl. The van der Waals surface area contributed by atoms with E-state index in [9.17, 15) is 0 Å². The number of nitrogens with zero attached hydrogens (tertiary/aromatic N) is 2. The molecule has 0 aliphatic heterocycles. The Hall–Kier alpha value is -1.03. The summed E-state index contributed by atoms with van der Waals surface area (Å²) in [5, 5.41) is 5.34. The molecule has 0 atom stereocenters. The van der Waals surface area contributed by atoms with Crippen molar-refractivity contribution in [2.75, 3.05) is 0 Å². The topological polar surface area (TPSA) is 38.4 Å². The molecule has 94 valence electrons. The molecule has 1 heterocycles. The van der Waals surface area contributed by atoms with Crippen molar-refractivity contribution in [1.82, 2.24) is 5.16 Å². The third-order valence-electron chi connectivity index (χ3n) is 2.31. The lowest BCUT2D eigenvalue weighted by molar-refractivity contribution is 0.381.